The van der Waals surface area contributed by atoms with Gasteiger partial charge < -0.3 is 4.74 Å². The molecule has 0 aliphatic heterocycles. The Kier molecular flexibility index (Phi) is 4.81. The summed E-state index contributed by atoms with van der Waals surface area (Å²) in [7, 11) is 1.09. The summed E-state index contributed by atoms with van der Waals surface area (Å²) in [6.07, 6.45) is -4.69. The van der Waals surface area contributed by atoms with Crippen molar-refractivity contribution in [2.75, 3.05) is 7.11 Å². The van der Waals surface area contributed by atoms with E-state index >= 15 is 0 Å². The van der Waals surface area contributed by atoms with Crippen LogP contribution in [0.1, 0.15) is 16.1 Å². The lowest BCUT2D eigenvalue weighted by molar-refractivity contribution is -0.137. The number of alkyl halides is 3. The number of ether oxygens (including phenoxy) is 1. The van der Waals surface area contributed by atoms with Crippen molar-refractivity contribution in [1.82, 2.24) is 4.98 Å². The number of hydrogen-bond donors (Lipinski definition) is 0. The van der Waals surface area contributed by atoms with E-state index < -0.39 is 23.5 Å². The van der Waals surface area contributed by atoms with Crippen LogP contribution in [0, 0.1) is 5.82 Å². The summed E-state index contributed by atoms with van der Waals surface area (Å²) in [6.45, 7) is 0. The second-order valence-electron chi connectivity index (χ2n) is 4.33. The SMILES string of the molecule is COC(=O)c1nc(-c2ccc(C(F)(F)F)cc2F)c(Cl)cc1Cl. The van der Waals surface area contributed by atoms with Crippen molar-refractivity contribution < 1.29 is 27.1 Å². The Morgan fingerprint density at radius 2 is 1.83 bits per heavy atom. The summed E-state index contributed by atoms with van der Waals surface area (Å²) < 4.78 is 56.2. The fourth-order valence-corrected chi connectivity index (χ4v) is 2.32. The van der Waals surface area contributed by atoms with Gasteiger partial charge in [-0.1, -0.05) is 23.2 Å². The summed E-state index contributed by atoms with van der Waals surface area (Å²) in [4.78, 5) is 15.4. The average molecular weight is 368 g/mol. The van der Waals surface area contributed by atoms with Gasteiger partial charge in [-0.05, 0) is 24.3 Å². The van der Waals surface area contributed by atoms with Gasteiger partial charge in [0.05, 0.1) is 28.4 Å². The van der Waals surface area contributed by atoms with Crippen LogP contribution in [0.15, 0.2) is 24.3 Å². The van der Waals surface area contributed by atoms with E-state index in [1.807, 2.05) is 0 Å². The first-order valence-corrected chi connectivity index (χ1v) is 6.72. The molecular weight excluding hydrogens is 361 g/mol. The number of hydrogen-bond acceptors (Lipinski definition) is 3. The highest BCUT2D eigenvalue weighted by molar-refractivity contribution is 6.37. The number of benzene rings is 1. The molecule has 0 amide bonds. The number of carbonyl (C=O) groups excluding carboxylic acids is 1. The smallest absolute Gasteiger partial charge is 0.416 e. The Morgan fingerprint density at radius 3 is 2.35 bits per heavy atom. The van der Waals surface area contributed by atoms with E-state index in [4.69, 9.17) is 23.2 Å². The standard InChI is InChI=1S/C14H7Cl2F4NO2/c1-23-13(22)12-9(16)5-8(15)11(21-12)7-3-2-6(4-10(7)17)14(18,19)20/h2-5H,1H3. The zero-order valence-corrected chi connectivity index (χ0v) is 12.9. The normalized spacial score (nSPS) is 11.4. The van der Waals surface area contributed by atoms with Gasteiger partial charge in [-0.3, -0.25) is 0 Å². The van der Waals surface area contributed by atoms with Crippen LogP contribution in [0.25, 0.3) is 11.3 Å². The molecule has 0 unspecified atom stereocenters. The average Bonchev–Trinajstić information content (AvgIpc) is 2.46. The predicted molar refractivity (Wildman–Crippen MR) is 76.0 cm³/mol. The molecule has 0 saturated heterocycles. The van der Waals surface area contributed by atoms with Crippen molar-refractivity contribution in [2.24, 2.45) is 0 Å². The van der Waals surface area contributed by atoms with E-state index in [0.29, 0.717) is 12.1 Å². The lowest BCUT2D eigenvalue weighted by Gasteiger charge is -2.11. The third kappa shape index (κ3) is 3.56. The van der Waals surface area contributed by atoms with E-state index in [-0.39, 0.29) is 27.0 Å². The molecule has 0 bridgehead atoms. The monoisotopic (exact) mass is 367 g/mol. The van der Waals surface area contributed by atoms with Crippen LogP contribution in [0.4, 0.5) is 17.6 Å². The Bertz CT molecular complexity index is 778. The molecule has 0 saturated carbocycles. The van der Waals surface area contributed by atoms with Crippen molar-refractivity contribution in [3.63, 3.8) is 0 Å². The van der Waals surface area contributed by atoms with E-state index in [1.54, 1.807) is 0 Å². The van der Waals surface area contributed by atoms with E-state index in [1.165, 1.54) is 0 Å². The molecule has 23 heavy (non-hydrogen) atoms. The molecule has 0 radical (unpaired) electrons. The third-order valence-electron chi connectivity index (χ3n) is 2.86. The van der Waals surface area contributed by atoms with Gasteiger partial charge in [0.1, 0.15) is 5.82 Å². The zero-order chi connectivity index (χ0) is 17.4. The van der Waals surface area contributed by atoms with Crippen LogP contribution in [-0.4, -0.2) is 18.1 Å². The molecule has 2 aromatic rings. The summed E-state index contributed by atoms with van der Waals surface area (Å²) >= 11 is 11.7. The first-order chi connectivity index (χ1) is 10.6. The molecule has 0 atom stereocenters. The molecule has 1 heterocycles. The number of aromatic nitrogens is 1. The van der Waals surface area contributed by atoms with Crippen LogP contribution in [0.5, 0.6) is 0 Å². The maximum atomic E-state index is 14.0. The van der Waals surface area contributed by atoms with Gasteiger partial charge in [0.15, 0.2) is 5.69 Å². The topological polar surface area (TPSA) is 39.2 Å². The van der Waals surface area contributed by atoms with Gasteiger partial charge in [-0.15, -0.1) is 0 Å². The number of esters is 1. The fourth-order valence-electron chi connectivity index (χ4n) is 1.78. The quantitative estimate of drug-likeness (QED) is 0.553. The van der Waals surface area contributed by atoms with E-state index in [0.717, 1.165) is 19.2 Å². The molecule has 0 spiro atoms. The van der Waals surface area contributed by atoms with Crippen LogP contribution in [0.2, 0.25) is 10.0 Å². The van der Waals surface area contributed by atoms with Crippen molar-refractivity contribution in [2.45, 2.75) is 6.18 Å². The van der Waals surface area contributed by atoms with Gasteiger partial charge in [-0.2, -0.15) is 13.2 Å². The summed E-state index contributed by atoms with van der Waals surface area (Å²) in [5, 5.41) is -0.251. The van der Waals surface area contributed by atoms with E-state index in [2.05, 4.69) is 9.72 Å². The number of rotatable bonds is 2. The van der Waals surface area contributed by atoms with Gasteiger partial charge >= 0.3 is 12.1 Å². The number of carbonyl (C=O) groups is 1. The molecule has 1 aromatic heterocycles. The second-order valence-corrected chi connectivity index (χ2v) is 5.15. The Hall–Kier alpha value is -1.86. The summed E-state index contributed by atoms with van der Waals surface area (Å²) in [5.41, 5.74) is -2.00. The first-order valence-electron chi connectivity index (χ1n) is 5.96. The second kappa shape index (κ2) is 6.33. The van der Waals surface area contributed by atoms with Crippen LogP contribution < -0.4 is 0 Å². The van der Waals surface area contributed by atoms with Crippen molar-refractivity contribution >= 4 is 29.2 Å². The van der Waals surface area contributed by atoms with Crippen molar-refractivity contribution in [3.05, 3.63) is 51.4 Å². The Morgan fingerprint density at radius 1 is 1.17 bits per heavy atom. The highest BCUT2D eigenvalue weighted by atomic mass is 35.5. The van der Waals surface area contributed by atoms with Crippen LogP contribution in [-0.2, 0) is 10.9 Å². The minimum atomic E-state index is -4.69. The minimum Gasteiger partial charge on any atom is -0.464 e. The molecular formula is C14H7Cl2F4NO2. The van der Waals surface area contributed by atoms with Crippen LogP contribution in [0.3, 0.4) is 0 Å². The van der Waals surface area contributed by atoms with Crippen molar-refractivity contribution in [3.8, 4) is 11.3 Å². The summed E-state index contributed by atoms with van der Waals surface area (Å²) in [5.74, 6) is -2.08. The van der Waals surface area contributed by atoms with Gasteiger partial charge in [0, 0.05) is 5.56 Å². The van der Waals surface area contributed by atoms with Gasteiger partial charge in [-0.25, -0.2) is 14.2 Å². The lowest BCUT2D eigenvalue weighted by atomic mass is 10.1. The highest BCUT2D eigenvalue weighted by Gasteiger charge is 2.31. The first kappa shape index (κ1) is 17.5. The lowest BCUT2D eigenvalue weighted by Crippen LogP contribution is -2.08. The molecule has 0 N–H and O–H groups in total. The Labute approximate surface area is 137 Å². The molecule has 1 aromatic carbocycles. The maximum absolute atomic E-state index is 14.0. The fraction of sp³-hybridized carbons (Fsp3) is 0.143. The van der Waals surface area contributed by atoms with Gasteiger partial charge in [0.25, 0.3) is 0 Å². The molecule has 122 valence electrons. The number of nitrogens with zero attached hydrogens (tertiary/aromatic N) is 1. The van der Waals surface area contributed by atoms with Crippen molar-refractivity contribution in [1.29, 1.82) is 0 Å². The predicted octanol–water partition coefficient (Wildman–Crippen LogP) is 5.00. The third-order valence-corrected chi connectivity index (χ3v) is 3.44. The molecule has 0 aliphatic carbocycles. The zero-order valence-electron chi connectivity index (χ0n) is 11.3. The highest BCUT2D eigenvalue weighted by Crippen LogP contribution is 2.35. The molecule has 2 rings (SSSR count). The van der Waals surface area contributed by atoms with Gasteiger partial charge in [0.2, 0.25) is 0 Å². The molecule has 9 heteroatoms. The number of methoxy groups -OCH3 is 1. The van der Waals surface area contributed by atoms with E-state index in [9.17, 15) is 22.4 Å². The molecule has 0 aliphatic rings. The molecule has 3 nitrogen and oxygen atoms in total. The minimum absolute atomic E-state index is 0.124. The number of halogens is 6. The van der Waals surface area contributed by atoms with Crippen LogP contribution >= 0.6 is 23.2 Å². The molecule has 0 fully saturated rings. The Balaban J connectivity index is 2.61. The maximum Gasteiger partial charge on any atom is 0.416 e. The number of pyridine rings is 1. The largest absolute Gasteiger partial charge is 0.464 e. The summed E-state index contributed by atoms with van der Waals surface area (Å²) in [6, 6.07) is 3.01.